The molecule has 23 heavy (non-hydrogen) atoms. The molecule has 0 aliphatic heterocycles. The van der Waals surface area contributed by atoms with E-state index in [2.05, 4.69) is 5.32 Å². The van der Waals surface area contributed by atoms with Gasteiger partial charge in [0, 0.05) is 19.9 Å². The summed E-state index contributed by atoms with van der Waals surface area (Å²) in [5, 5.41) is 3.25. The molecule has 0 saturated heterocycles. The maximum Gasteiger partial charge on any atom is 0.356 e. The minimum absolute atomic E-state index is 0.619. The fourth-order valence-corrected chi connectivity index (χ4v) is 3.64. The Morgan fingerprint density at radius 3 is 1.96 bits per heavy atom. The monoisotopic (exact) mass is 335 g/mol. The molecule has 5 nitrogen and oxygen atoms in total. The summed E-state index contributed by atoms with van der Waals surface area (Å²) >= 11 is 0. The van der Waals surface area contributed by atoms with Crippen LogP contribution in [-0.2, 0) is 13.6 Å². The van der Waals surface area contributed by atoms with E-state index in [1.165, 1.54) is 14.2 Å². The van der Waals surface area contributed by atoms with Gasteiger partial charge in [-0.25, -0.2) is 0 Å². The number of rotatable bonds is 7. The summed E-state index contributed by atoms with van der Waals surface area (Å²) < 4.78 is 28.5. The molecule has 1 atom stereocenters. The van der Waals surface area contributed by atoms with Gasteiger partial charge in [-0.3, -0.25) is 4.57 Å². The molecule has 1 N–H and O–H groups in total. The molecule has 124 valence electrons. The Kier molecular flexibility index (Phi) is 5.83. The molecular formula is C17H22NO4P. The molecular weight excluding hydrogens is 313 g/mol. The first kappa shape index (κ1) is 17.5. The normalized spacial score (nSPS) is 12.7. The van der Waals surface area contributed by atoms with Crippen molar-refractivity contribution in [2.24, 2.45) is 0 Å². The lowest BCUT2D eigenvalue weighted by Gasteiger charge is -2.26. The van der Waals surface area contributed by atoms with Crippen molar-refractivity contribution in [2.75, 3.05) is 26.6 Å². The van der Waals surface area contributed by atoms with E-state index in [1.807, 2.05) is 55.5 Å². The van der Waals surface area contributed by atoms with Gasteiger partial charge in [0.1, 0.15) is 5.75 Å². The second-order valence-electron chi connectivity index (χ2n) is 5.09. The summed E-state index contributed by atoms with van der Waals surface area (Å²) in [5.41, 5.74) is 2.78. The maximum absolute atomic E-state index is 12.9. The van der Waals surface area contributed by atoms with Gasteiger partial charge in [-0.1, -0.05) is 29.8 Å². The van der Waals surface area contributed by atoms with Gasteiger partial charge in [-0.15, -0.1) is 0 Å². The van der Waals surface area contributed by atoms with Gasteiger partial charge >= 0.3 is 7.60 Å². The molecule has 0 aliphatic rings. The molecule has 1 unspecified atom stereocenters. The van der Waals surface area contributed by atoms with Crippen molar-refractivity contribution >= 4 is 13.3 Å². The minimum atomic E-state index is -3.37. The van der Waals surface area contributed by atoms with Gasteiger partial charge < -0.3 is 19.1 Å². The molecule has 2 aromatic carbocycles. The smallest absolute Gasteiger partial charge is 0.356 e. The van der Waals surface area contributed by atoms with E-state index in [9.17, 15) is 4.57 Å². The van der Waals surface area contributed by atoms with Crippen molar-refractivity contribution in [1.82, 2.24) is 0 Å². The fourth-order valence-electron chi connectivity index (χ4n) is 2.22. The summed E-state index contributed by atoms with van der Waals surface area (Å²) in [6, 6.07) is 15.1. The third kappa shape index (κ3) is 4.14. The lowest BCUT2D eigenvalue weighted by atomic mass is 10.2. The van der Waals surface area contributed by atoms with Gasteiger partial charge in [0.15, 0.2) is 5.78 Å². The molecule has 0 heterocycles. The van der Waals surface area contributed by atoms with Crippen LogP contribution in [0.15, 0.2) is 48.5 Å². The summed E-state index contributed by atoms with van der Waals surface area (Å²) in [4.78, 5) is 0. The van der Waals surface area contributed by atoms with Crippen LogP contribution < -0.4 is 10.1 Å². The zero-order chi connectivity index (χ0) is 16.9. The van der Waals surface area contributed by atoms with Crippen LogP contribution in [0.5, 0.6) is 5.75 Å². The van der Waals surface area contributed by atoms with Crippen LogP contribution in [0, 0.1) is 6.92 Å². The third-order valence-electron chi connectivity index (χ3n) is 3.61. The number of nitrogens with one attached hydrogen (secondary N) is 1. The standard InChI is InChI=1S/C17H22NO4P/c1-13-5-9-15(10-6-13)18-17(23(19,21-3)22-4)14-7-11-16(20-2)12-8-14/h5-12,17-18H,1-4H3. The Bertz CT molecular complexity index is 662. The Balaban J connectivity index is 2.38. The second kappa shape index (κ2) is 7.64. The van der Waals surface area contributed by atoms with E-state index < -0.39 is 13.4 Å². The molecule has 2 aromatic rings. The highest BCUT2D eigenvalue weighted by molar-refractivity contribution is 7.54. The molecule has 0 bridgehead atoms. The van der Waals surface area contributed by atoms with Crippen LogP contribution in [0.25, 0.3) is 0 Å². The first-order valence-electron chi connectivity index (χ1n) is 7.20. The van der Waals surface area contributed by atoms with E-state index in [-0.39, 0.29) is 0 Å². The molecule has 0 fully saturated rings. The molecule has 0 aliphatic carbocycles. The molecule has 0 amide bonds. The predicted octanol–water partition coefficient (Wildman–Crippen LogP) is 4.60. The number of hydrogen-bond donors (Lipinski definition) is 1. The van der Waals surface area contributed by atoms with E-state index in [1.54, 1.807) is 7.11 Å². The average Bonchev–Trinajstić information content (AvgIpc) is 2.60. The fraction of sp³-hybridized carbons (Fsp3) is 0.294. The van der Waals surface area contributed by atoms with Crippen molar-refractivity contribution in [3.63, 3.8) is 0 Å². The van der Waals surface area contributed by atoms with E-state index in [4.69, 9.17) is 13.8 Å². The Morgan fingerprint density at radius 1 is 0.913 bits per heavy atom. The van der Waals surface area contributed by atoms with Crippen LogP contribution in [-0.4, -0.2) is 21.3 Å². The lowest BCUT2D eigenvalue weighted by molar-refractivity contribution is 0.268. The van der Waals surface area contributed by atoms with Crippen molar-refractivity contribution in [3.8, 4) is 5.75 Å². The largest absolute Gasteiger partial charge is 0.497 e. The topological polar surface area (TPSA) is 56.8 Å². The number of hydrogen-bond acceptors (Lipinski definition) is 5. The lowest BCUT2D eigenvalue weighted by Crippen LogP contribution is -2.13. The number of aryl methyl sites for hydroxylation is 1. The van der Waals surface area contributed by atoms with Gasteiger partial charge in [-0.05, 0) is 36.8 Å². The Morgan fingerprint density at radius 2 is 1.48 bits per heavy atom. The number of benzene rings is 2. The third-order valence-corrected chi connectivity index (χ3v) is 5.69. The highest BCUT2D eigenvalue weighted by Crippen LogP contribution is 2.59. The van der Waals surface area contributed by atoms with E-state index >= 15 is 0 Å². The zero-order valence-corrected chi connectivity index (χ0v) is 14.7. The molecule has 2 rings (SSSR count). The number of methoxy groups -OCH3 is 1. The number of ether oxygens (including phenoxy) is 1. The van der Waals surface area contributed by atoms with Crippen LogP contribution in [0.4, 0.5) is 5.69 Å². The second-order valence-corrected chi connectivity index (χ2v) is 7.42. The van der Waals surface area contributed by atoms with Crippen molar-refractivity contribution in [3.05, 3.63) is 59.7 Å². The van der Waals surface area contributed by atoms with Crippen LogP contribution in [0.2, 0.25) is 0 Å². The van der Waals surface area contributed by atoms with Crippen LogP contribution in [0.3, 0.4) is 0 Å². The quantitative estimate of drug-likeness (QED) is 0.749. The van der Waals surface area contributed by atoms with Crippen LogP contribution >= 0.6 is 7.60 Å². The minimum Gasteiger partial charge on any atom is -0.497 e. The average molecular weight is 335 g/mol. The first-order chi connectivity index (χ1) is 11.0. The summed E-state index contributed by atoms with van der Waals surface area (Å²) in [5.74, 6) is 0.110. The highest BCUT2D eigenvalue weighted by atomic mass is 31.2. The maximum atomic E-state index is 12.9. The van der Waals surface area contributed by atoms with Crippen LogP contribution in [0.1, 0.15) is 16.9 Å². The zero-order valence-electron chi connectivity index (χ0n) is 13.8. The van der Waals surface area contributed by atoms with Crippen molar-refractivity contribution in [2.45, 2.75) is 12.7 Å². The summed E-state index contributed by atoms with van der Waals surface area (Å²) in [7, 11) is 1.01. The SMILES string of the molecule is COc1ccc(C(Nc2ccc(C)cc2)P(=O)(OC)OC)cc1. The molecule has 0 radical (unpaired) electrons. The summed E-state index contributed by atoms with van der Waals surface area (Å²) in [6.07, 6.45) is 0. The summed E-state index contributed by atoms with van der Waals surface area (Å²) in [6.45, 7) is 2.01. The Hall–Kier alpha value is -1.81. The molecule has 0 spiro atoms. The van der Waals surface area contributed by atoms with E-state index in [0.29, 0.717) is 0 Å². The first-order valence-corrected chi connectivity index (χ1v) is 8.82. The van der Waals surface area contributed by atoms with Gasteiger partial charge in [-0.2, -0.15) is 0 Å². The highest BCUT2D eigenvalue weighted by Gasteiger charge is 2.35. The molecule has 6 heteroatoms. The molecule has 0 saturated carbocycles. The molecule has 0 aromatic heterocycles. The van der Waals surface area contributed by atoms with E-state index in [0.717, 1.165) is 22.6 Å². The van der Waals surface area contributed by atoms with Gasteiger partial charge in [0.25, 0.3) is 0 Å². The van der Waals surface area contributed by atoms with Gasteiger partial charge in [0.05, 0.1) is 7.11 Å². The Labute approximate surface area is 137 Å². The number of anilines is 1. The predicted molar refractivity (Wildman–Crippen MR) is 92.2 cm³/mol. The van der Waals surface area contributed by atoms with Crippen molar-refractivity contribution < 1.29 is 18.3 Å². The van der Waals surface area contributed by atoms with Gasteiger partial charge in [0.2, 0.25) is 0 Å². The van der Waals surface area contributed by atoms with Crippen molar-refractivity contribution in [1.29, 1.82) is 0 Å².